The maximum absolute atomic E-state index is 11.1. The van der Waals surface area contributed by atoms with E-state index in [0.29, 0.717) is 21.3 Å². The number of nitrogens with zero attached hydrogens (tertiary/aromatic N) is 1. The maximum atomic E-state index is 11.1. The summed E-state index contributed by atoms with van der Waals surface area (Å²) in [6, 6.07) is 5.18. The lowest BCUT2D eigenvalue weighted by atomic mass is 10.1. The van der Waals surface area contributed by atoms with Crippen LogP contribution in [0.15, 0.2) is 16.6 Å². The van der Waals surface area contributed by atoms with Crippen molar-refractivity contribution in [2.75, 3.05) is 12.8 Å². The predicted molar refractivity (Wildman–Crippen MR) is 59.0 cm³/mol. The summed E-state index contributed by atoms with van der Waals surface area (Å²) >= 11 is 3.25. The molecule has 0 atom stereocenters. The van der Waals surface area contributed by atoms with Crippen LogP contribution in [0.2, 0.25) is 0 Å². The molecular formula is C10H9BrN2O2. The zero-order valence-electron chi connectivity index (χ0n) is 8.08. The average molecular weight is 269 g/mol. The summed E-state index contributed by atoms with van der Waals surface area (Å²) in [5.41, 5.74) is 7.11. The maximum Gasteiger partial charge on any atom is 0.310 e. The number of carbonyl (C=O) groups excluding carboxylic acids is 1. The van der Waals surface area contributed by atoms with Crippen LogP contribution in [0.4, 0.5) is 5.69 Å². The smallest absolute Gasteiger partial charge is 0.310 e. The molecule has 0 saturated carbocycles. The van der Waals surface area contributed by atoms with Crippen LogP contribution in [0.3, 0.4) is 0 Å². The molecule has 0 aliphatic carbocycles. The fourth-order valence-electron chi connectivity index (χ4n) is 1.15. The molecule has 0 saturated heterocycles. The van der Waals surface area contributed by atoms with Gasteiger partial charge < -0.3 is 10.5 Å². The largest absolute Gasteiger partial charge is 0.469 e. The van der Waals surface area contributed by atoms with E-state index in [9.17, 15) is 4.79 Å². The molecule has 0 aromatic heterocycles. The van der Waals surface area contributed by atoms with Crippen molar-refractivity contribution in [2.45, 2.75) is 6.42 Å². The molecule has 0 aliphatic heterocycles. The fourth-order valence-corrected chi connectivity index (χ4v) is 1.60. The number of nitrogen functional groups attached to an aromatic ring is 1. The Labute approximate surface area is 95.8 Å². The third-order valence-electron chi connectivity index (χ3n) is 1.85. The molecule has 0 spiro atoms. The molecule has 0 fully saturated rings. The predicted octanol–water partition coefficient (Wildman–Crippen LogP) is 1.62. The lowest BCUT2D eigenvalue weighted by Gasteiger charge is -2.06. The molecule has 0 amide bonds. The number of carbonyl (C=O) groups is 1. The summed E-state index contributed by atoms with van der Waals surface area (Å²) in [6.07, 6.45) is 0.0941. The summed E-state index contributed by atoms with van der Waals surface area (Å²) < 4.78 is 5.13. The number of hydrogen-bond acceptors (Lipinski definition) is 4. The number of ether oxygens (including phenoxy) is 1. The van der Waals surface area contributed by atoms with Gasteiger partial charge in [-0.05, 0) is 33.6 Å². The van der Waals surface area contributed by atoms with Gasteiger partial charge in [0, 0.05) is 10.2 Å². The van der Waals surface area contributed by atoms with Gasteiger partial charge in [-0.2, -0.15) is 5.26 Å². The second kappa shape index (κ2) is 4.80. The number of nitrogens with two attached hydrogens (primary N) is 1. The first-order chi connectivity index (χ1) is 7.08. The standard InChI is InChI=1S/C10H9BrN2O2/c1-15-9(14)4-6-2-8(13)3-7(5-12)10(6)11/h2-3H,4,13H2,1H3. The molecule has 4 nitrogen and oxygen atoms in total. The van der Waals surface area contributed by atoms with Crippen LogP contribution < -0.4 is 5.73 Å². The molecule has 0 unspecified atom stereocenters. The SMILES string of the molecule is COC(=O)Cc1cc(N)cc(C#N)c1Br. The molecule has 2 N–H and O–H groups in total. The Kier molecular flexibility index (Phi) is 3.69. The first-order valence-electron chi connectivity index (χ1n) is 4.13. The number of anilines is 1. The fraction of sp³-hybridized carbons (Fsp3) is 0.200. The molecule has 5 heteroatoms. The highest BCUT2D eigenvalue weighted by Gasteiger charge is 2.11. The quantitative estimate of drug-likeness (QED) is 0.653. The third kappa shape index (κ3) is 2.70. The van der Waals surface area contributed by atoms with E-state index in [1.807, 2.05) is 6.07 Å². The van der Waals surface area contributed by atoms with Gasteiger partial charge in [0.1, 0.15) is 6.07 Å². The number of methoxy groups -OCH3 is 1. The second-order valence-corrected chi connectivity index (χ2v) is 3.70. The van der Waals surface area contributed by atoms with Gasteiger partial charge in [0.2, 0.25) is 0 Å². The van der Waals surface area contributed by atoms with Crippen molar-refractivity contribution in [3.05, 3.63) is 27.7 Å². The van der Waals surface area contributed by atoms with Crippen molar-refractivity contribution < 1.29 is 9.53 Å². The second-order valence-electron chi connectivity index (χ2n) is 2.91. The first-order valence-corrected chi connectivity index (χ1v) is 4.92. The number of rotatable bonds is 2. The van der Waals surface area contributed by atoms with Crippen molar-refractivity contribution in [3.63, 3.8) is 0 Å². The van der Waals surface area contributed by atoms with E-state index in [0.717, 1.165) is 0 Å². The van der Waals surface area contributed by atoms with Crippen molar-refractivity contribution >= 4 is 27.6 Å². The summed E-state index contributed by atoms with van der Waals surface area (Å²) in [7, 11) is 1.31. The van der Waals surface area contributed by atoms with E-state index >= 15 is 0 Å². The number of halogens is 1. The van der Waals surface area contributed by atoms with E-state index in [1.165, 1.54) is 7.11 Å². The highest BCUT2D eigenvalue weighted by atomic mass is 79.9. The molecule has 1 aromatic rings. The van der Waals surface area contributed by atoms with Crippen LogP contribution in [-0.4, -0.2) is 13.1 Å². The number of esters is 1. The molecule has 1 rings (SSSR count). The highest BCUT2D eigenvalue weighted by Crippen LogP contribution is 2.25. The van der Waals surface area contributed by atoms with Gasteiger partial charge in [0.25, 0.3) is 0 Å². The Bertz CT molecular complexity index is 438. The zero-order valence-corrected chi connectivity index (χ0v) is 9.67. The van der Waals surface area contributed by atoms with E-state index in [1.54, 1.807) is 12.1 Å². The van der Waals surface area contributed by atoms with Gasteiger partial charge >= 0.3 is 5.97 Å². The molecule has 0 bridgehead atoms. The van der Waals surface area contributed by atoms with Crippen molar-refractivity contribution in [1.82, 2.24) is 0 Å². The lowest BCUT2D eigenvalue weighted by Crippen LogP contribution is -2.06. The topological polar surface area (TPSA) is 76.1 Å². The monoisotopic (exact) mass is 268 g/mol. The first kappa shape index (κ1) is 11.5. The lowest BCUT2D eigenvalue weighted by molar-refractivity contribution is -0.139. The Morgan fingerprint density at radius 3 is 2.87 bits per heavy atom. The van der Waals surface area contributed by atoms with Crippen LogP contribution in [-0.2, 0) is 16.0 Å². The van der Waals surface area contributed by atoms with Gasteiger partial charge in [0.15, 0.2) is 0 Å². The molecule has 1 aromatic carbocycles. The minimum absolute atomic E-state index is 0.0941. The van der Waals surface area contributed by atoms with E-state index in [-0.39, 0.29) is 12.4 Å². The number of benzene rings is 1. The van der Waals surface area contributed by atoms with Crippen LogP contribution in [0, 0.1) is 11.3 Å². The number of hydrogen-bond donors (Lipinski definition) is 1. The van der Waals surface area contributed by atoms with Gasteiger partial charge in [-0.15, -0.1) is 0 Å². The van der Waals surface area contributed by atoms with Crippen molar-refractivity contribution in [1.29, 1.82) is 5.26 Å². The van der Waals surface area contributed by atoms with Crippen LogP contribution in [0.5, 0.6) is 0 Å². The minimum atomic E-state index is -0.370. The van der Waals surface area contributed by atoms with E-state index < -0.39 is 0 Å². The van der Waals surface area contributed by atoms with Crippen LogP contribution >= 0.6 is 15.9 Å². The molecule has 78 valence electrons. The Morgan fingerprint density at radius 2 is 2.33 bits per heavy atom. The Balaban J connectivity index is 3.13. The minimum Gasteiger partial charge on any atom is -0.469 e. The Hall–Kier alpha value is -1.54. The van der Waals surface area contributed by atoms with Crippen molar-refractivity contribution in [3.8, 4) is 6.07 Å². The van der Waals surface area contributed by atoms with Gasteiger partial charge in [-0.25, -0.2) is 0 Å². The number of nitriles is 1. The van der Waals surface area contributed by atoms with Crippen LogP contribution in [0.25, 0.3) is 0 Å². The summed E-state index contributed by atoms with van der Waals surface area (Å²) in [5.74, 6) is -0.370. The van der Waals surface area contributed by atoms with Crippen molar-refractivity contribution in [2.24, 2.45) is 0 Å². The molecule has 0 radical (unpaired) electrons. The third-order valence-corrected chi connectivity index (χ3v) is 2.79. The zero-order chi connectivity index (χ0) is 11.4. The van der Waals surface area contributed by atoms with Crippen LogP contribution in [0.1, 0.15) is 11.1 Å². The van der Waals surface area contributed by atoms with Gasteiger partial charge in [0.05, 0.1) is 19.1 Å². The van der Waals surface area contributed by atoms with Gasteiger partial charge in [-0.1, -0.05) is 0 Å². The highest BCUT2D eigenvalue weighted by molar-refractivity contribution is 9.10. The van der Waals surface area contributed by atoms with E-state index in [2.05, 4.69) is 20.7 Å². The van der Waals surface area contributed by atoms with E-state index in [4.69, 9.17) is 11.0 Å². The molecule has 0 heterocycles. The summed E-state index contributed by atoms with van der Waals surface area (Å²) in [5, 5.41) is 8.81. The summed E-state index contributed by atoms with van der Waals surface area (Å²) in [4.78, 5) is 11.1. The molecule has 0 aliphatic rings. The normalized spacial score (nSPS) is 9.40. The van der Waals surface area contributed by atoms with Gasteiger partial charge in [-0.3, -0.25) is 4.79 Å². The summed E-state index contributed by atoms with van der Waals surface area (Å²) in [6.45, 7) is 0. The average Bonchev–Trinajstić information content (AvgIpc) is 2.22. The molecular weight excluding hydrogens is 260 g/mol. The molecule has 15 heavy (non-hydrogen) atoms. The Morgan fingerprint density at radius 1 is 1.67 bits per heavy atom.